The predicted octanol–water partition coefficient (Wildman–Crippen LogP) is 1.11. The van der Waals surface area contributed by atoms with Crippen molar-refractivity contribution in [2.45, 2.75) is 31.6 Å². The Bertz CT molecular complexity index is 342. The number of nitrogens with zero attached hydrogens (tertiary/aromatic N) is 2. The summed E-state index contributed by atoms with van der Waals surface area (Å²) >= 11 is 1.21. The van der Waals surface area contributed by atoms with E-state index in [-0.39, 0.29) is 17.7 Å². The minimum absolute atomic E-state index is 0.157. The minimum Gasteiger partial charge on any atom is -0.459 e. The molecule has 1 heterocycles. The third kappa shape index (κ3) is 3.82. The lowest BCUT2D eigenvalue weighted by atomic mass is 10.3. The average Bonchev–Trinajstić information content (AvgIpc) is 2.75. The van der Waals surface area contributed by atoms with E-state index >= 15 is 0 Å². The SMILES string of the molecule is CCOC(=O)c1nnc(SCC(O)CC)o1. The van der Waals surface area contributed by atoms with Gasteiger partial charge in [0.2, 0.25) is 0 Å². The number of aliphatic hydroxyl groups excluding tert-OH is 1. The van der Waals surface area contributed by atoms with Gasteiger partial charge in [0.25, 0.3) is 5.22 Å². The van der Waals surface area contributed by atoms with Crippen molar-refractivity contribution in [1.29, 1.82) is 0 Å². The fourth-order valence-electron chi connectivity index (χ4n) is 0.829. The normalized spacial score (nSPS) is 12.4. The van der Waals surface area contributed by atoms with Crippen LogP contribution in [0.5, 0.6) is 0 Å². The zero-order chi connectivity index (χ0) is 12.0. The van der Waals surface area contributed by atoms with Crippen LogP contribution in [0.4, 0.5) is 0 Å². The fourth-order valence-corrected chi connectivity index (χ4v) is 1.64. The van der Waals surface area contributed by atoms with Gasteiger partial charge in [0.1, 0.15) is 0 Å². The van der Waals surface area contributed by atoms with E-state index in [1.54, 1.807) is 6.92 Å². The summed E-state index contributed by atoms with van der Waals surface area (Å²) in [6.07, 6.45) is 0.245. The van der Waals surface area contributed by atoms with Crippen molar-refractivity contribution in [3.63, 3.8) is 0 Å². The number of esters is 1. The van der Waals surface area contributed by atoms with Gasteiger partial charge in [-0.15, -0.1) is 5.10 Å². The molecule has 0 fully saturated rings. The first-order valence-corrected chi connectivity index (χ1v) is 5.97. The maximum absolute atomic E-state index is 11.2. The quantitative estimate of drug-likeness (QED) is 0.594. The predicted molar refractivity (Wildman–Crippen MR) is 57.3 cm³/mol. The highest BCUT2D eigenvalue weighted by Gasteiger charge is 2.16. The Morgan fingerprint density at radius 3 is 2.94 bits per heavy atom. The molecule has 0 aliphatic carbocycles. The molecule has 1 rings (SSSR count). The number of thioether (sulfide) groups is 1. The van der Waals surface area contributed by atoms with E-state index in [2.05, 4.69) is 10.2 Å². The van der Waals surface area contributed by atoms with E-state index < -0.39 is 12.1 Å². The number of carbonyl (C=O) groups excluding carboxylic acids is 1. The number of hydrogen-bond acceptors (Lipinski definition) is 7. The van der Waals surface area contributed by atoms with Crippen LogP contribution in [0.3, 0.4) is 0 Å². The Morgan fingerprint density at radius 2 is 2.31 bits per heavy atom. The van der Waals surface area contributed by atoms with Gasteiger partial charge in [-0.05, 0) is 13.3 Å². The third-order valence-electron chi connectivity index (χ3n) is 1.73. The highest BCUT2D eigenvalue weighted by Crippen LogP contribution is 2.18. The van der Waals surface area contributed by atoms with E-state index in [0.717, 1.165) is 0 Å². The molecule has 0 aliphatic rings. The molecule has 90 valence electrons. The van der Waals surface area contributed by atoms with E-state index in [1.165, 1.54) is 11.8 Å². The van der Waals surface area contributed by atoms with Gasteiger partial charge in [-0.2, -0.15) is 0 Å². The Morgan fingerprint density at radius 1 is 1.56 bits per heavy atom. The first kappa shape index (κ1) is 13.0. The molecule has 0 spiro atoms. The summed E-state index contributed by atoms with van der Waals surface area (Å²) in [6.45, 7) is 3.84. The van der Waals surface area contributed by atoms with Gasteiger partial charge >= 0.3 is 11.9 Å². The number of aliphatic hydroxyl groups is 1. The van der Waals surface area contributed by atoms with Gasteiger partial charge in [-0.25, -0.2) is 4.79 Å². The second-order valence-corrected chi connectivity index (χ2v) is 3.94. The molecular formula is C9H14N2O4S. The Kier molecular flexibility index (Phi) is 5.27. The van der Waals surface area contributed by atoms with Crippen molar-refractivity contribution in [2.24, 2.45) is 0 Å². The molecule has 1 atom stereocenters. The van der Waals surface area contributed by atoms with Crippen LogP contribution in [0.2, 0.25) is 0 Å². The number of rotatable bonds is 6. The summed E-state index contributed by atoms with van der Waals surface area (Å²) in [5, 5.41) is 16.8. The van der Waals surface area contributed by atoms with Crippen molar-refractivity contribution in [1.82, 2.24) is 10.2 Å². The zero-order valence-corrected chi connectivity index (χ0v) is 9.99. The van der Waals surface area contributed by atoms with Crippen LogP contribution >= 0.6 is 11.8 Å². The molecule has 7 heteroatoms. The summed E-state index contributed by atoms with van der Waals surface area (Å²) in [5.41, 5.74) is 0. The van der Waals surface area contributed by atoms with Gasteiger partial charge in [0.05, 0.1) is 12.7 Å². The largest absolute Gasteiger partial charge is 0.459 e. The topological polar surface area (TPSA) is 85.5 Å². The standard InChI is InChI=1S/C9H14N2O4S/c1-3-6(12)5-16-9-11-10-7(15-9)8(13)14-4-2/h6,12H,3-5H2,1-2H3. The van der Waals surface area contributed by atoms with Gasteiger partial charge in [0, 0.05) is 5.75 Å². The smallest absolute Gasteiger partial charge is 0.396 e. The second-order valence-electron chi connectivity index (χ2n) is 2.97. The molecule has 0 saturated heterocycles. The molecule has 16 heavy (non-hydrogen) atoms. The minimum atomic E-state index is -0.627. The number of hydrogen-bond donors (Lipinski definition) is 1. The summed E-state index contributed by atoms with van der Waals surface area (Å²) in [4.78, 5) is 11.2. The Labute approximate surface area is 97.4 Å². The van der Waals surface area contributed by atoms with Crippen molar-refractivity contribution in [3.8, 4) is 0 Å². The first-order valence-electron chi connectivity index (χ1n) is 4.98. The monoisotopic (exact) mass is 246 g/mol. The average molecular weight is 246 g/mol. The van der Waals surface area contributed by atoms with Crippen molar-refractivity contribution >= 4 is 17.7 Å². The molecule has 0 aliphatic heterocycles. The Balaban J connectivity index is 2.48. The summed E-state index contributed by atoms with van der Waals surface area (Å²) in [6, 6.07) is 0. The van der Waals surface area contributed by atoms with Crippen molar-refractivity contribution in [3.05, 3.63) is 5.89 Å². The lowest BCUT2D eigenvalue weighted by Gasteiger charge is -2.02. The third-order valence-corrected chi connectivity index (χ3v) is 2.69. The highest BCUT2D eigenvalue weighted by atomic mass is 32.2. The molecule has 1 unspecified atom stereocenters. The molecular weight excluding hydrogens is 232 g/mol. The maximum Gasteiger partial charge on any atom is 0.396 e. The van der Waals surface area contributed by atoms with Crippen molar-refractivity contribution < 1.29 is 19.1 Å². The lowest BCUT2D eigenvalue weighted by Crippen LogP contribution is -2.07. The van der Waals surface area contributed by atoms with E-state index in [9.17, 15) is 9.90 Å². The number of carbonyl (C=O) groups is 1. The molecule has 0 bridgehead atoms. The van der Waals surface area contributed by atoms with E-state index in [4.69, 9.17) is 9.15 Å². The molecule has 0 saturated carbocycles. The molecule has 6 nitrogen and oxygen atoms in total. The molecule has 1 aromatic heterocycles. The fraction of sp³-hybridized carbons (Fsp3) is 0.667. The van der Waals surface area contributed by atoms with Crippen LogP contribution in [0.15, 0.2) is 9.64 Å². The molecule has 1 N–H and O–H groups in total. The Hall–Kier alpha value is -1.08. The summed E-state index contributed by atoms with van der Waals surface area (Å²) in [7, 11) is 0. The van der Waals surface area contributed by atoms with Crippen LogP contribution < -0.4 is 0 Å². The van der Waals surface area contributed by atoms with E-state index in [1.807, 2.05) is 6.92 Å². The molecule has 0 radical (unpaired) electrons. The van der Waals surface area contributed by atoms with Crippen LogP contribution in [0, 0.1) is 0 Å². The summed E-state index contributed by atoms with van der Waals surface area (Å²) < 4.78 is 9.74. The van der Waals surface area contributed by atoms with Crippen LogP contribution in [0.25, 0.3) is 0 Å². The van der Waals surface area contributed by atoms with Gasteiger partial charge in [-0.3, -0.25) is 0 Å². The van der Waals surface area contributed by atoms with E-state index in [0.29, 0.717) is 12.2 Å². The molecule has 1 aromatic rings. The maximum atomic E-state index is 11.2. The van der Waals surface area contributed by atoms with Crippen molar-refractivity contribution in [2.75, 3.05) is 12.4 Å². The number of aromatic nitrogens is 2. The van der Waals surface area contributed by atoms with Crippen LogP contribution in [-0.2, 0) is 4.74 Å². The van der Waals surface area contributed by atoms with Gasteiger partial charge in [0.15, 0.2) is 0 Å². The number of ether oxygens (including phenoxy) is 1. The highest BCUT2D eigenvalue weighted by molar-refractivity contribution is 7.99. The first-order chi connectivity index (χ1) is 7.67. The second kappa shape index (κ2) is 6.49. The summed E-state index contributed by atoms with van der Waals surface area (Å²) in [5.74, 6) is -0.325. The lowest BCUT2D eigenvalue weighted by molar-refractivity contribution is 0.0475. The molecule has 0 aromatic carbocycles. The van der Waals surface area contributed by atoms with Crippen LogP contribution in [-0.4, -0.2) is 39.7 Å². The van der Waals surface area contributed by atoms with Crippen LogP contribution in [0.1, 0.15) is 31.0 Å². The van der Waals surface area contributed by atoms with Gasteiger partial charge < -0.3 is 14.3 Å². The van der Waals surface area contributed by atoms with Gasteiger partial charge in [-0.1, -0.05) is 23.8 Å². The molecule has 0 amide bonds. The zero-order valence-electron chi connectivity index (χ0n) is 9.17.